The zero-order valence-corrected chi connectivity index (χ0v) is 15.2. The largest absolute Gasteiger partial charge is 0.381 e. The highest BCUT2D eigenvalue weighted by Crippen LogP contribution is 2.21. The molecule has 1 N–H and O–H groups in total. The molecule has 2 aromatic rings. The molecule has 1 unspecified atom stereocenters. The molecule has 25 heavy (non-hydrogen) atoms. The Balaban J connectivity index is 1.89. The maximum Gasteiger partial charge on any atom is 0.261 e. The van der Waals surface area contributed by atoms with Crippen LogP contribution in [0.3, 0.4) is 0 Å². The Morgan fingerprint density at radius 1 is 1.32 bits per heavy atom. The van der Waals surface area contributed by atoms with E-state index in [4.69, 9.17) is 4.74 Å². The van der Waals surface area contributed by atoms with Crippen molar-refractivity contribution in [3.05, 3.63) is 45.2 Å². The summed E-state index contributed by atoms with van der Waals surface area (Å²) >= 11 is 0. The van der Waals surface area contributed by atoms with Crippen LogP contribution in [0, 0.1) is 19.8 Å². The maximum atomic E-state index is 12.9. The molecule has 0 saturated carbocycles. The van der Waals surface area contributed by atoms with Crippen molar-refractivity contribution in [1.29, 1.82) is 0 Å². The standard InChI is InChI=1S/C20H26N2O3/c1-4-25-12-15-6-5-7-22(11-15)20(24)17-10-16-9-13(2)8-14(3)18(16)21-19(17)23/h8-10,15H,4-7,11-12H2,1-3H3,(H,21,23). The number of aromatic nitrogens is 1. The van der Waals surface area contributed by atoms with Crippen molar-refractivity contribution in [2.45, 2.75) is 33.6 Å². The molecule has 1 saturated heterocycles. The first kappa shape index (κ1) is 17.7. The second kappa shape index (κ2) is 7.40. The molecular formula is C20H26N2O3. The second-order valence-corrected chi connectivity index (χ2v) is 6.98. The molecule has 3 rings (SSSR count). The lowest BCUT2D eigenvalue weighted by molar-refractivity contribution is 0.0500. The van der Waals surface area contributed by atoms with Crippen LogP contribution in [0.2, 0.25) is 0 Å². The number of hydrogen-bond acceptors (Lipinski definition) is 3. The third-order valence-electron chi connectivity index (χ3n) is 4.89. The average Bonchev–Trinajstić information content (AvgIpc) is 2.60. The van der Waals surface area contributed by atoms with Gasteiger partial charge in [-0.05, 0) is 62.6 Å². The minimum Gasteiger partial charge on any atom is -0.381 e. The van der Waals surface area contributed by atoms with Crippen molar-refractivity contribution in [3.8, 4) is 0 Å². The summed E-state index contributed by atoms with van der Waals surface area (Å²) in [6.07, 6.45) is 2.02. The van der Waals surface area contributed by atoms with E-state index in [2.05, 4.69) is 4.98 Å². The summed E-state index contributed by atoms with van der Waals surface area (Å²) in [5, 5.41) is 0.906. The van der Waals surface area contributed by atoms with Crippen molar-refractivity contribution in [2.75, 3.05) is 26.3 Å². The van der Waals surface area contributed by atoms with Gasteiger partial charge >= 0.3 is 0 Å². The highest BCUT2D eigenvalue weighted by Gasteiger charge is 2.26. The number of nitrogens with one attached hydrogen (secondary N) is 1. The molecule has 0 spiro atoms. The first-order valence-electron chi connectivity index (χ1n) is 9.01. The van der Waals surface area contributed by atoms with Crippen LogP contribution in [0.5, 0.6) is 0 Å². The number of aromatic amines is 1. The second-order valence-electron chi connectivity index (χ2n) is 6.98. The maximum absolute atomic E-state index is 12.9. The number of fused-ring (bicyclic) bond motifs is 1. The van der Waals surface area contributed by atoms with Crippen molar-refractivity contribution < 1.29 is 9.53 Å². The van der Waals surface area contributed by atoms with E-state index in [-0.39, 0.29) is 17.0 Å². The Bertz CT molecular complexity index is 841. The molecule has 1 atom stereocenters. The molecular weight excluding hydrogens is 316 g/mol. The summed E-state index contributed by atoms with van der Waals surface area (Å²) in [7, 11) is 0. The first-order chi connectivity index (χ1) is 12.0. The lowest BCUT2D eigenvalue weighted by atomic mass is 9.98. The van der Waals surface area contributed by atoms with Gasteiger partial charge in [-0.25, -0.2) is 0 Å². The fourth-order valence-electron chi connectivity index (χ4n) is 3.69. The van der Waals surface area contributed by atoms with E-state index in [1.165, 1.54) is 0 Å². The van der Waals surface area contributed by atoms with E-state index in [9.17, 15) is 9.59 Å². The number of aryl methyl sites for hydroxylation is 2. The summed E-state index contributed by atoms with van der Waals surface area (Å²) in [5.74, 6) is 0.171. The summed E-state index contributed by atoms with van der Waals surface area (Å²) in [4.78, 5) is 30.1. The number of pyridine rings is 1. The number of amides is 1. The van der Waals surface area contributed by atoms with E-state index in [1.54, 1.807) is 11.0 Å². The predicted molar refractivity (Wildman–Crippen MR) is 99.2 cm³/mol. The quantitative estimate of drug-likeness (QED) is 0.929. The molecule has 0 aliphatic carbocycles. The molecule has 134 valence electrons. The van der Waals surface area contributed by atoms with Crippen LogP contribution in [0.15, 0.2) is 23.0 Å². The smallest absolute Gasteiger partial charge is 0.261 e. The van der Waals surface area contributed by atoms with Gasteiger partial charge in [-0.1, -0.05) is 11.6 Å². The molecule has 1 aromatic carbocycles. The summed E-state index contributed by atoms with van der Waals surface area (Å²) in [6.45, 7) is 8.68. The van der Waals surface area contributed by atoms with Gasteiger partial charge in [-0.2, -0.15) is 0 Å². The van der Waals surface area contributed by atoms with Gasteiger partial charge in [-0.15, -0.1) is 0 Å². The normalized spacial score (nSPS) is 17.9. The molecule has 1 aromatic heterocycles. The van der Waals surface area contributed by atoms with Crippen LogP contribution in [0.4, 0.5) is 0 Å². The van der Waals surface area contributed by atoms with Crippen molar-refractivity contribution in [3.63, 3.8) is 0 Å². The summed E-state index contributed by atoms with van der Waals surface area (Å²) in [5.41, 5.74) is 2.86. The van der Waals surface area contributed by atoms with Gasteiger partial charge in [0.15, 0.2) is 0 Å². The van der Waals surface area contributed by atoms with Crippen LogP contribution in [-0.4, -0.2) is 42.1 Å². The monoisotopic (exact) mass is 342 g/mol. The Kier molecular flexibility index (Phi) is 5.23. The molecule has 5 nitrogen and oxygen atoms in total. The molecule has 2 heterocycles. The van der Waals surface area contributed by atoms with Gasteiger partial charge in [-0.3, -0.25) is 9.59 Å². The minimum atomic E-state index is -0.309. The van der Waals surface area contributed by atoms with Crippen molar-refractivity contribution in [1.82, 2.24) is 9.88 Å². The number of H-pyrrole nitrogens is 1. The van der Waals surface area contributed by atoms with Crippen molar-refractivity contribution >= 4 is 16.8 Å². The molecule has 0 radical (unpaired) electrons. The van der Waals surface area contributed by atoms with Crippen LogP contribution in [-0.2, 0) is 4.74 Å². The van der Waals surface area contributed by atoms with E-state index < -0.39 is 0 Å². The molecule has 0 bridgehead atoms. The van der Waals surface area contributed by atoms with Crippen molar-refractivity contribution in [2.24, 2.45) is 5.92 Å². The number of ether oxygens (including phenoxy) is 1. The third-order valence-corrected chi connectivity index (χ3v) is 4.89. The fraction of sp³-hybridized carbons (Fsp3) is 0.500. The highest BCUT2D eigenvalue weighted by molar-refractivity contribution is 5.97. The number of hydrogen-bond donors (Lipinski definition) is 1. The van der Waals surface area contributed by atoms with E-state index >= 15 is 0 Å². The summed E-state index contributed by atoms with van der Waals surface area (Å²) in [6, 6.07) is 5.77. The molecule has 1 amide bonds. The van der Waals surface area contributed by atoms with Gasteiger partial charge < -0.3 is 14.6 Å². The van der Waals surface area contributed by atoms with Gasteiger partial charge in [0.25, 0.3) is 11.5 Å². The summed E-state index contributed by atoms with van der Waals surface area (Å²) < 4.78 is 5.51. The Hall–Kier alpha value is -2.14. The number of likely N-dealkylation sites (tertiary alicyclic amines) is 1. The average molecular weight is 342 g/mol. The molecule has 1 aliphatic rings. The Morgan fingerprint density at radius 3 is 2.88 bits per heavy atom. The number of piperidine rings is 1. The SMILES string of the molecule is CCOCC1CCCN(C(=O)c2cc3cc(C)cc(C)c3[nH]c2=O)C1. The zero-order valence-electron chi connectivity index (χ0n) is 15.2. The number of nitrogens with zero attached hydrogens (tertiary/aromatic N) is 1. The lowest BCUT2D eigenvalue weighted by Crippen LogP contribution is -2.43. The van der Waals surface area contributed by atoms with Crippen LogP contribution < -0.4 is 5.56 Å². The number of carbonyl (C=O) groups is 1. The van der Waals surface area contributed by atoms with Crippen LogP contribution in [0.1, 0.15) is 41.3 Å². The van der Waals surface area contributed by atoms with Crippen LogP contribution >= 0.6 is 0 Å². The van der Waals surface area contributed by atoms with Gasteiger partial charge in [0.2, 0.25) is 0 Å². The first-order valence-corrected chi connectivity index (χ1v) is 9.01. The van der Waals surface area contributed by atoms with E-state index in [0.29, 0.717) is 32.2 Å². The Labute approximate surface area is 148 Å². The zero-order chi connectivity index (χ0) is 18.0. The van der Waals surface area contributed by atoms with Gasteiger partial charge in [0.05, 0.1) is 12.1 Å². The lowest BCUT2D eigenvalue weighted by Gasteiger charge is -2.32. The number of carbonyl (C=O) groups excluding carboxylic acids is 1. The third kappa shape index (κ3) is 3.76. The van der Waals surface area contributed by atoms with E-state index in [1.807, 2.05) is 32.9 Å². The predicted octanol–water partition coefficient (Wildman–Crippen LogP) is 3.03. The highest BCUT2D eigenvalue weighted by atomic mass is 16.5. The molecule has 1 aliphatic heterocycles. The fourth-order valence-corrected chi connectivity index (χ4v) is 3.69. The molecule has 1 fully saturated rings. The van der Waals surface area contributed by atoms with Crippen LogP contribution in [0.25, 0.3) is 10.9 Å². The topological polar surface area (TPSA) is 62.4 Å². The van der Waals surface area contributed by atoms with Gasteiger partial charge in [0, 0.05) is 19.7 Å². The number of rotatable bonds is 4. The Morgan fingerprint density at radius 2 is 2.12 bits per heavy atom. The molecule has 5 heteroatoms. The van der Waals surface area contributed by atoms with Gasteiger partial charge in [0.1, 0.15) is 5.56 Å². The minimum absolute atomic E-state index is 0.177. The number of benzene rings is 1. The van der Waals surface area contributed by atoms with E-state index in [0.717, 1.165) is 34.9 Å².